The minimum atomic E-state index is 0.289. The van der Waals surface area contributed by atoms with Gasteiger partial charge < -0.3 is 5.73 Å². The Kier molecular flexibility index (Phi) is 3.12. The van der Waals surface area contributed by atoms with Gasteiger partial charge in [0.2, 0.25) is 0 Å². The smallest absolute Gasteiger partial charge is 0.0168 e. The van der Waals surface area contributed by atoms with E-state index in [9.17, 15) is 0 Å². The Balaban J connectivity index is 2.41. The Morgan fingerprint density at radius 3 is 2.43 bits per heavy atom. The van der Waals surface area contributed by atoms with Crippen LogP contribution in [0.3, 0.4) is 0 Å². The van der Waals surface area contributed by atoms with Crippen molar-refractivity contribution >= 4 is 22.6 Å². The van der Waals surface area contributed by atoms with E-state index < -0.39 is 0 Å². The zero-order chi connectivity index (χ0) is 10.0. The van der Waals surface area contributed by atoms with E-state index in [0.717, 1.165) is 6.54 Å². The Labute approximate surface area is 99.2 Å². The Morgan fingerprint density at radius 2 is 1.86 bits per heavy atom. The number of hydrogen-bond acceptors (Lipinski definition) is 1. The zero-order valence-corrected chi connectivity index (χ0v) is 10.5. The third-order valence-electron chi connectivity index (χ3n) is 3.40. The molecule has 0 spiro atoms. The van der Waals surface area contributed by atoms with Gasteiger partial charge in [0.25, 0.3) is 0 Å². The molecule has 0 aliphatic heterocycles. The number of nitrogens with two attached hydrogens (primary N) is 1. The van der Waals surface area contributed by atoms with Gasteiger partial charge in [0.05, 0.1) is 0 Å². The Bertz CT molecular complexity index is 316. The van der Waals surface area contributed by atoms with Crippen LogP contribution >= 0.6 is 22.6 Å². The highest BCUT2D eigenvalue weighted by molar-refractivity contribution is 14.1. The lowest BCUT2D eigenvalue weighted by molar-refractivity contribution is 0.451. The van der Waals surface area contributed by atoms with Crippen molar-refractivity contribution in [2.24, 2.45) is 5.73 Å². The normalized spacial score (nSPS) is 19.9. The molecule has 14 heavy (non-hydrogen) atoms. The van der Waals surface area contributed by atoms with Crippen molar-refractivity contribution in [3.63, 3.8) is 0 Å². The standard InChI is InChI=1S/C12H16IN/c13-11-6-2-1-5-10(11)12(9-14)7-3-4-8-12/h1-2,5-6H,3-4,7-9,14H2. The van der Waals surface area contributed by atoms with Gasteiger partial charge in [0.1, 0.15) is 0 Å². The molecular formula is C12H16IN. The van der Waals surface area contributed by atoms with Gasteiger partial charge in [-0.25, -0.2) is 0 Å². The molecule has 0 bridgehead atoms. The minimum absolute atomic E-state index is 0.289. The minimum Gasteiger partial charge on any atom is -0.330 e. The predicted octanol–water partition coefficient (Wildman–Crippen LogP) is 3.06. The van der Waals surface area contributed by atoms with E-state index in [2.05, 4.69) is 46.9 Å². The molecule has 1 aliphatic rings. The Hall–Kier alpha value is -0.0900. The summed E-state index contributed by atoms with van der Waals surface area (Å²) in [5, 5.41) is 0. The van der Waals surface area contributed by atoms with E-state index in [1.807, 2.05) is 0 Å². The largest absolute Gasteiger partial charge is 0.330 e. The molecule has 0 unspecified atom stereocenters. The van der Waals surface area contributed by atoms with Crippen LogP contribution in [0.1, 0.15) is 31.2 Å². The van der Waals surface area contributed by atoms with Gasteiger partial charge in [0, 0.05) is 15.5 Å². The molecule has 1 nitrogen and oxygen atoms in total. The van der Waals surface area contributed by atoms with Crippen LogP contribution in [0.5, 0.6) is 0 Å². The third-order valence-corrected chi connectivity index (χ3v) is 4.34. The summed E-state index contributed by atoms with van der Waals surface area (Å²) < 4.78 is 1.37. The fraction of sp³-hybridized carbons (Fsp3) is 0.500. The van der Waals surface area contributed by atoms with Gasteiger partial charge in [-0.05, 0) is 47.1 Å². The Morgan fingerprint density at radius 1 is 1.21 bits per heavy atom. The van der Waals surface area contributed by atoms with Gasteiger partial charge in [-0.3, -0.25) is 0 Å². The van der Waals surface area contributed by atoms with E-state index in [-0.39, 0.29) is 5.41 Å². The summed E-state index contributed by atoms with van der Waals surface area (Å²) >= 11 is 2.43. The molecule has 2 heteroatoms. The average molecular weight is 301 g/mol. The van der Waals surface area contributed by atoms with Gasteiger partial charge in [-0.15, -0.1) is 0 Å². The van der Waals surface area contributed by atoms with Crippen molar-refractivity contribution in [2.45, 2.75) is 31.1 Å². The third kappa shape index (κ3) is 1.70. The molecule has 0 radical (unpaired) electrons. The second kappa shape index (κ2) is 4.19. The summed E-state index contributed by atoms with van der Waals surface area (Å²) in [6.07, 6.45) is 5.21. The summed E-state index contributed by atoms with van der Waals surface area (Å²) in [4.78, 5) is 0. The molecule has 1 aromatic carbocycles. The first-order valence-electron chi connectivity index (χ1n) is 5.24. The molecule has 1 fully saturated rings. The van der Waals surface area contributed by atoms with Gasteiger partial charge in [-0.1, -0.05) is 31.0 Å². The van der Waals surface area contributed by atoms with Crippen molar-refractivity contribution in [1.29, 1.82) is 0 Å². The summed E-state index contributed by atoms with van der Waals surface area (Å²) in [6.45, 7) is 0.799. The molecule has 0 saturated heterocycles. The number of hydrogen-bond donors (Lipinski definition) is 1. The second-order valence-electron chi connectivity index (χ2n) is 4.17. The molecule has 2 rings (SSSR count). The fourth-order valence-corrected chi connectivity index (χ4v) is 3.49. The molecular weight excluding hydrogens is 285 g/mol. The lowest BCUT2D eigenvalue weighted by Gasteiger charge is -2.28. The molecule has 1 saturated carbocycles. The first-order chi connectivity index (χ1) is 6.78. The molecule has 0 atom stereocenters. The second-order valence-corrected chi connectivity index (χ2v) is 5.33. The first-order valence-corrected chi connectivity index (χ1v) is 6.31. The summed E-state index contributed by atoms with van der Waals surface area (Å²) in [6, 6.07) is 8.67. The molecule has 1 aromatic rings. The molecule has 2 N–H and O–H groups in total. The lowest BCUT2D eigenvalue weighted by Crippen LogP contribution is -2.32. The van der Waals surface area contributed by atoms with Crippen molar-refractivity contribution < 1.29 is 0 Å². The van der Waals surface area contributed by atoms with Crippen molar-refractivity contribution in [3.05, 3.63) is 33.4 Å². The number of halogens is 1. The maximum absolute atomic E-state index is 5.97. The van der Waals surface area contributed by atoms with Crippen LogP contribution in [-0.4, -0.2) is 6.54 Å². The van der Waals surface area contributed by atoms with Crippen LogP contribution < -0.4 is 5.73 Å². The maximum Gasteiger partial charge on any atom is 0.0168 e. The van der Waals surface area contributed by atoms with Gasteiger partial charge >= 0.3 is 0 Å². The summed E-state index contributed by atoms with van der Waals surface area (Å²) in [5.74, 6) is 0. The quantitative estimate of drug-likeness (QED) is 0.835. The van der Waals surface area contributed by atoms with E-state index >= 15 is 0 Å². The highest BCUT2D eigenvalue weighted by atomic mass is 127. The first kappa shape index (κ1) is 10.4. The highest BCUT2D eigenvalue weighted by Crippen LogP contribution is 2.41. The zero-order valence-electron chi connectivity index (χ0n) is 8.30. The van der Waals surface area contributed by atoms with Crippen molar-refractivity contribution in [3.8, 4) is 0 Å². The SMILES string of the molecule is NCC1(c2ccccc2I)CCCC1. The average Bonchev–Trinajstić information content (AvgIpc) is 2.68. The van der Waals surface area contributed by atoms with Crippen LogP contribution in [-0.2, 0) is 5.41 Å². The van der Waals surface area contributed by atoms with E-state index in [0.29, 0.717) is 0 Å². The molecule has 0 amide bonds. The van der Waals surface area contributed by atoms with E-state index in [4.69, 9.17) is 5.73 Å². The van der Waals surface area contributed by atoms with Crippen LogP contribution in [0.2, 0.25) is 0 Å². The summed E-state index contributed by atoms with van der Waals surface area (Å²) in [7, 11) is 0. The van der Waals surface area contributed by atoms with Crippen LogP contribution in [0, 0.1) is 3.57 Å². The topological polar surface area (TPSA) is 26.0 Å². The number of benzene rings is 1. The van der Waals surface area contributed by atoms with Gasteiger partial charge in [0.15, 0.2) is 0 Å². The number of rotatable bonds is 2. The maximum atomic E-state index is 5.97. The predicted molar refractivity (Wildman–Crippen MR) is 68.4 cm³/mol. The summed E-state index contributed by atoms with van der Waals surface area (Å²) in [5.41, 5.74) is 7.73. The van der Waals surface area contributed by atoms with Gasteiger partial charge in [-0.2, -0.15) is 0 Å². The monoisotopic (exact) mass is 301 g/mol. The van der Waals surface area contributed by atoms with Crippen LogP contribution in [0.15, 0.2) is 24.3 Å². The lowest BCUT2D eigenvalue weighted by atomic mass is 9.79. The van der Waals surface area contributed by atoms with E-state index in [1.165, 1.54) is 34.8 Å². The van der Waals surface area contributed by atoms with Crippen molar-refractivity contribution in [1.82, 2.24) is 0 Å². The molecule has 0 heterocycles. The fourth-order valence-electron chi connectivity index (χ4n) is 2.53. The van der Waals surface area contributed by atoms with Crippen molar-refractivity contribution in [2.75, 3.05) is 6.54 Å². The van der Waals surface area contributed by atoms with Crippen LogP contribution in [0.4, 0.5) is 0 Å². The highest BCUT2D eigenvalue weighted by Gasteiger charge is 2.35. The molecule has 0 aromatic heterocycles. The molecule has 1 aliphatic carbocycles. The van der Waals surface area contributed by atoms with E-state index in [1.54, 1.807) is 0 Å². The molecule has 76 valence electrons. The van der Waals surface area contributed by atoms with Crippen LogP contribution in [0.25, 0.3) is 0 Å².